The number of amides is 1. The van der Waals surface area contributed by atoms with E-state index in [4.69, 9.17) is 20.6 Å². The lowest BCUT2D eigenvalue weighted by Crippen LogP contribution is -2.39. The van der Waals surface area contributed by atoms with E-state index in [1.165, 1.54) is 6.07 Å². The zero-order valence-electron chi connectivity index (χ0n) is 21.3. The Kier molecular flexibility index (Phi) is 6.36. The van der Waals surface area contributed by atoms with Gasteiger partial charge in [0.15, 0.2) is 5.65 Å². The molecule has 6 rings (SSSR count). The number of carbonyl (C=O) groups is 1. The van der Waals surface area contributed by atoms with Crippen LogP contribution in [0.4, 0.5) is 16.0 Å². The third-order valence-corrected chi connectivity index (χ3v) is 7.79. The number of halogens is 1. The van der Waals surface area contributed by atoms with Gasteiger partial charge in [0.05, 0.1) is 18.3 Å². The number of hydrogen-bond donors (Lipinski definition) is 1. The quantitative estimate of drug-likeness (QED) is 0.540. The van der Waals surface area contributed by atoms with Crippen LogP contribution in [0.1, 0.15) is 60.6 Å². The minimum absolute atomic E-state index is 0.0108. The van der Waals surface area contributed by atoms with E-state index in [1.54, 1.807) is 17.0 Å². The van der Waals surface area contributed by atoms with Crippen LogP contribution >= 0.6 is 0 Å². The molecule has 9 nitrogen and oxygen atoms in total. The van der Waals surface area contributed by atoms with Crippen LogP contribution in [0.15, 0.2) is 30.3 Å². The van der Waals surface area contributed by atoms with Gasteiger partial charge in [0, 0.05) is 51.4 Å². The summed E-state index contributed by atoms with van der Waals surface area (Å²) in [4.78, 5) is 24.9. The summed E-state index contributed by atoms with van der Waals surface area (Å²) in [6.07, 6.45) is 5.18. The van der Waals surface area contributed by atoms with Crippen LogP contribution in [0.2, 0.25) is 0 Å². The van der Waals surface area contributed by atoms with Gasteiger partial charge in [-0.1, -0.05) is 6.07 Å². The molecule has 2 N–H and O–H groups in total. The van der Waals surface area contributed by atoms with E-state index >= 15 is 4.39 Å². The molecule has 1 amide bonds. The lowest BCUT2D eigenvalue weighted by Gasteiger charge is -2.35. The number of aromatic nitrogens is 3. The fraction of sp³-hybridized carbons (Fsp3) is 0.519. The van der Waals surface area contributed by atoms with Crippen LogP contribution in [0.3, 0.4) is 0 Å². The highest BCUT2D eigenvalue weighted by atomic mass is 19.1. The summed E-state index contributed by atoms with van der Waals surface area (Å²) >= 11 is 0. The molecule has 1 aromatic carbocycles. The summed E-state index contributed by atoms with van der Waals surface area (Å²) in [6, 6.07) is 8.57. The van der Waals surface area contributed by atoms with E-state index in [9.17, 15) is 4.79 Å². The Hall–Kier alpha value is -3.40. The first-order chi connectivity index (χ1) is 18.0. The second-order valence-electron chi connectivity index (χ2n) is 10.4. The minimum atomic E-state index is -0.553. The topological polar surface area (TPSA) is 92.2 Å². The number of rotatable bonds is 1. The number of fused-ring (bicyclic) bond motifs is 4. The number of anilines is 2. The molecule has 2 atom stereocenters. The summed E-state index contributed by atoms with van der Waals surface area (Å²) in [5.74, 6) is 1.25. The first-order valence-electron chi connectivity index (χ1n) is 13.3. The van der Waals surface area contributed by atoms with Crippen molar-refractivity contribution in [2.75, 3.05) is 49.6 Å². The maximum absolute atomic E-state index is 15.0. The van der Waals surface area contributed by atoms with Crippen LogP contribution in [0, 0.1) is 5.82 Å². The zero-order chi connectivity index (χ0) is 25.5. The van der Waals surface area contributed by atoms with Gasteiger partial charge in [-0.05, 0) is 50.7 Å². The molecule has 196 valence electrons. The Balaban J connectivity index is 1.47. The first-order valence-corrected chi connectivity index (χ1v) is 13.3. The number of ether oxygens (including phenoxy) is 1. The summed E-state index contributed by atoms with van der Waals surface area (Å²) in [5, 5.41) is 4.99. The van der Waals surface area contributed by atoms with Crippen LogP contribution < -0.4 is 20.3 Å². The molecule has 2 bridgehead atoms. The smallest absolute Gasteiger partial charge is 0.261 e. The normalized spacial score (nSPS) is 23.0. The third-order valence-electron chi connectivity index (χ3n) is 7.79. The lowest BCUT2D eigenvalue weighted by atomic mass is 9.98. The summed E-state index contributed by atoms with van der Waals surface area (Å²) in [7, 11) is 2.07. The van der Waals surface area contributed by atoms with Crippen molar-refractivity contribution in [2.24, 2.45) is 5.73 Å². The van der Waals surface area contributed by atoms with Crippen LogP contribution in [-0.2, 0) is 0 Å². The lowest BCUT2D eigenvalue weighted by molar-refractivity contribution is 0.0596. The molecular formula is C27H34FN7O2. The number of nitrogens with zero attached hydrogens (tertiary/aromatic N) is 6. The zero-order valence-corrected chi connectivity index (χ0v) is 21.3. The molecular weight excluding hydrogens is 473 g/mol. The van der Waals surface area contributed by atoms with Gasteiger partial charge in [-0.25, -0.2) is 9.37 Å². The molecule has 0 aliphatic carbocycles. The summed E-state index contributed by atoms with van der Waals surface area (Å²) in [5.41, 5.74) is 7.72. The first kappa shape index (κ1) is 24.0. The Morgan fingerprint density at radius 2 is 1.95 bits per heavy atom. The highest BCUT2D eigenvalue weighted by Crippen LogP contribution is 2.35. The Labute approximate surface area is 216 Å². The molecule has 2 saturated heterocycles. The van der Waals surface area contributed by atoms with Gasteiger partial charge in [-0.15, -0.1) is 0 Å². The standard InChI is InChI=1S/C27H34FN7O2/c1-32-11-4-5-14-37-22-9-6-7-19(28)26(22)27(36)34-12-3-2-8-21(34)20-15-24-30-23(16-25(32)35(24)31-20)33-13-10-18(29)17-33/h6-7,9,15-16,18,21H,2-5,8,10-14,17,29H2,1H3. The Morgan fingerprint density at radius 3 is 2.78 bits per heavy atom. The monoisotopic (exact) mass is 507 g/mol. The SMILES string of the molecule is CN1CCCCOc2cccc(F)c2C(=O)N2CCCCC2c2cc3nc(N4CCC(N)C4)cc1n3n2. The average Bonchev–Trinajstić information content (AvgIpc) is 3.53. The largest absolute Gasteiger partial charge is 0.493 e. The van der Waals surface area contributed by atoms with Crippen LogP contribution in [0.25, 0.3) is 5.65 Å². The molecule has 2 fully saturated rings. The Morgan fingerprint density at radius 1 is 1.08 bits per heavy atom. The second-order valence-corrected chi connectivity index (χ2v) is 10.4. The number of hydrogen-bond acceptors (Lipinski definition) is 7. The van der Waals surface area contributed by atoms with Crippen molar-refractivity contribution in [1.82, 2.24) is 19.5 Å². The van der Waals surface area contributed by atoms with E-state index in [2.05, 4.69) is 22.9 Å². The maximum Gasteiger partial charge on any atom is 0.261 e. The average molecular weight is 508 g/mol. The van der Waals surface area contributed by atoms with Crippen molar-refractivity contribution in [1.29, 1.82) is 0 Å². The van der Waals surface area contributed by atoms with Gasteiger partial charge < -0.3 is 25.2 Å². The molecule has 5 heterocycles. The summed E-state index contributed by atoms with van der Waals surface area (Å²) in [6.45, 7) is 3.40. The van der Waals surface area contributed by atoms with Gasteiger partial charge >= 0.3 is 0 Å². The molecule has 0 saturated carbocycles. The highest BCUT2D eigenvalue weighted by Gasteiger charge is 2.34. The molecule has 3 aliphatic heterocycles. The fourth-order valence-electron chi connectivity index (χ4n) is 5.76. The van der Waals surface area contributed by atoms with E-state index in [0.29, 0.717) is 18.9 Å². The molecule has 3 aromatic rings. The van der Waals surface area contributed by atoms with Gasteiger partial charge in [0.2, 0.25) is 0 Å². The van der Waals surface area contributed by atoms with Crippen LogP contribution in [0.5, 0.6) is 5.75 Å². The molecule has 37 heavy (non-hydrogen) atoms. The van der Waals surface area contributed by atoms with E-state index in [-0.39, 0.29) is 23.6 Å². The van der Waals surface area contributed by atoms with Gasteiger partial charge in [-0.2, -0.15) is 9.61 Å². The second kappa shape index (κ2) is 9.81. The van der Waals surface area contributed by atoms with Crippen molar-refractivity contribution >= 4 is 23.2 Å². The predicted molar refractivity (Wildman–Crippen MR) is 140 cm³/mol. The van der Waals surface area contributed by atoms with Crippen molar-refractivity contribution in [3.63, 3.8) is 0 Å². The van der Waals surface area contributed by atoms with E-state index in [1.807, 2.05) is 10.6 Å². The highest BCUT2D eigenvalue weighted by molar-refractivity contribution is 5.97. The maximum atomic E-state index is 15.0. The van der Waals surface area contributed by atoms with Crippen molar-refractivity contribution in [2.45, 2.75) is 50.6 Å². The van der Waals surface area contributed by atoms with E-state index in [0.717, 1.165) is 81.1 Å². The number of carbonyl (C=O) groups excluding carboxylic acids is 1. The molecule has 2 aromatic heterocycles. The third kappa shape index (κ3) is 4.47. The Bertz CT molecular complexity index is 1310. The predicted octanol–water partition coefficient (Wildman–Crippen LogP) is 3.38. The van der Waals surface area contributed by atoms with Crippen molar-refractivity contribution in [3.05, 3.63) is 47.4 Å². The molecule has 0 radical (unpaired) electrons. The minimum Gasteiger partial charge on any atom is -0.493 e. The van der Waals surface area contributed by atoms with Crippen LogP contribution in [-0.4, -0.2) is 71.3 Å². The number of piperidine rings is 1. The fourth-order valence-corrected chi connectivity index (χ4v) is 5.76. The molecule has 2 unspecified atom stereocenters. The molecule has 10 heteroatoms. The van der Waals surface area contributed by atoms with Gasteiger partial charge in [0.1, 0.15) is 28.8 Å². The molecule has 0 spiro atoms. The summed E-state index contributed by atoms with van der Waals surface area (Å²) < 4.78 is 22.9. The van der Waals surface area contributed by atoms with Crippen molar-refractivity contribution in [3.8, 4) is 5.75 Å². The molecule has 3 aliphatic rings. The van der Waals surface area contributed by atoms with E-state index < -0.39 is 5.82 Å². The van der Waals surface area contributed by atoms with Gasteiger partial charge in [-0.3, -0.25) is 4.79 Å². The van der Waals surface area contributed by atoms with Gasteiger partial charge in [0.25, 0.3) is 5.91 Å². The number of nitrogens with two attached hydrogens (primary N) is 1. The van der Waals surface area contributed by atoms with Crippen molar-refractivity contribution < 1.29 is 13.9 Å². The number of benzene rings is 1.